The summed E-state index contributed by atoms with van der Waals surface area (Å²) in [6.07, 6.45) is 0.0141. The molecular weight excluding hydrogens is 551 g/mol. The van der Waals surface area contributed by atoms with Gasteiger partial charge in [0.15, 0.2) is 5.11 Å². The second kappa shape index (κ2) is 11.7. The van der Waals surface area contributed by atoms with Gasteiger partial charge in [0, 0.05) is 31.7 Å². The molecular formula is C26H36F3N5O3S2. The van der Waals surface area contributed by atoms with Crippen molar-refractivity contribution in [2.45, 2.75) is 77.2 Å². The highest BCUT2D eigenvalue weighted by molar-refractivity contribution is 7.88. The minimum atomic E-state index is -4.74. The first-order valence-corrected chi connectivity index (χ1v) is 15.2. The van der Waals surface area contributed by atoms with Crippen molar-refractivity contribution >= 4 is 38.9 Å². The lowest BCUT2D eigenvalue weighted by Gasteiger charge is -2.43. The predicted octanol–water partition coefficient (Wildman–Crippen LogP) is 4.20. The fourth-order valence-corrected chi connectivity index (χ4v) is 6.86. The van der Waals surface area contributed by atoms with Crippen molar-refractivity contribution in [3.05, 3.63) is 29.3 Å². The van der Waals surface area contributed by atoms with Gasteiger partial charge in [0.05, 0.1) is 29.1 Å². The van der Waals surface area contributed by atoms with E-state index in [1.807, 2.05) is 13.8 Å². The maximum absolute atomic E-state index is 13.5. The topological polar surface area (TPSA) is 88.0 Å². The number of benzene rings is 1. The van der Waals surface area contributed by atoms with Gasteiger partial charge in [0.2, 0.25) is 10.0 Å². The molecule has 2 saturated heterocycles. The average Bonchev–Trinajstić information content (AvgIpc) is 2.99. The largest absolute Gasteiger partial charge is 0.417 e. The van der Waals surface area contributed by atoms with Crippen LogP contribution in [0.4, 0.5) is 18.9 Å². The Morgan fingerprint density at radius 1 is 1.08 bits per heavy atom. The molecule has 8 nitrogen and oxygen atoms in total. The zero-order chi connectivity index (χ0) is 29.3. The first-order chi connectivity index (χ1) is 18.0. The minimum absolute atomic E-state index is 0.00823. The molecule has 13 heteroatoms. The molecule has 0 radical (unpaired) electrons. The Hall–Kier alpha value is -2.27. The zero-order valence-corrected chi connectivity index (χ0v) is 24.6. The number of piperazine rings is 1. The third-order valence-corrected chi connectivity index (χ3v) is 9.23. The van der Waals surface area contributed by atoms with Crippen molar-refractivity contribution in [1.29, 1.82) is 5.26 Å². The number of carbonyl (C=O) groups excluding carboxylic acids is 1. The van der Waals surface area contributed by atoms with Gasteiger partial charge in [-0.2, -0.15) is 22.7 Å². The summed E-state index contributed by atoms with van der Waals surface area (Å²) in [4.78, 5) is 18.4. The van der Waals surface area contributed by atoms with E-state index in [2.05, 4.69) is 4.90 Å². The molecule has 0 aliphatic carbocycles. The summed E-state index contributed by atoms with van der Waals surface area (Å²) < 4.78 is 65.8. The van der Waals surface area contributed by atoms with Gasteiger partial charge in [-0.1, -0.05) is 12.8 Å². The number of sulfonamides is 1. The molecule has 1 amide bonds. The molecule has 0 aromatic heterocycles. The van der Waals surface area contributed by atoms with Crippen LogP contribution in [0.5, 0.6) is 0 Å². The van der Waals surface area contributed by atoms with Gasteiger partial charge < -0.3 is 4.90 Å². The van der Waals surface area contributed by atoms with Gasteiger partial charge in [-0.25, -0.2) is 8.42 Å². The lowest BCUT2D eigenvalue weighted by Crippen LogP contribution is -2.57. The third-order valence-electron chi connectivity index (χ3n) is 7.60. The number of nitriles is 1. The Morgan fingerprint density at radius 3 is 2.15 bits per heavy atom. The van der Waals surface area contributed by atoms with Gasteiger partial charge in [0.1, 0.15) is 5.54 Å². The highest BCUT2D eigenvalue weighted by atomic mass is 32.2. The summed E-state index contributed by atoms with van der Waals surface area (Å²) in [5.74, 6) is -0.415. The Labute approximate surface area is 234 Å². The summed E-state index contributed by atoms with van der Waals surface area (Å²) in [7, 11) is -3.21. The van der Waals surface area contributed by atoms with Crippen molar-refractivity contribution in [2.24, 2.45) is 0 Å². The quantitative estimate of drug-likeness (QED) is 0.316. The Balaban J connectivity index is 1.56. The van der Waals surface area contributed by atoms with E-state index in [1.165, 1.54) is 16.6 Å². The van der Waals surface area contributed by atoms with Gasteiger partial charge in [-0.05, 0) is 77.5 Å². The molecule has 0 spiro atoms. The number of amides is 1. The number of hydrogen-bond donors (Lipinski definition) is 0. The van der Waals surface area contributed by atoms with Crippen molar-refractivity contribution in [3.63, 3.8) is 0 Å². The molecule has 2 aliphatic heterocycles. The van der Waals surface area contributed by atoms with Crippen LogP contribution >= 0.6 is 12.2 Å². The fourth-order valence-electron chi connectivity index (χ4n) is 5.38. The SMILES string of the molecule is CC1CN(S(C)(=O)=O)CC(C)N1CCCCCCN1C(=S)N(c2ccc(C#N)c(C(F)(F)F)c2)C(=O)C1(C)C. The summed E-state index contributed by atoms with van der Waals surface area (Å²) in [5, 5.41) is 9.22. The molecule has 3 rings (SSSR count). The lowest BCUT2D eigenvalue weighted by atomic mass is 10.0. The van der Waals surface area contributed by atoms with Gasteiger partial charge in [-0.3, -0.25) is 14.6 Å². The zero-order valence-electron chi connectivity index (χ0n) is 23.0. The van der Waals surface area contributed by atoms with Crippen LogP contribution in [0.15, 0.2) is 18.2 Å². The molecule has 2 fully saturated rings. The van der Waals surface area contributed by atoms with E-state index in [0.29, 0.717) is 19.6 Å². The molecule has 39 heavy (non-hydrogen) atoms. The fraction of sp³-hybridized carbons (Fsp3) is 0.654. The smallest absolute Gasteiger partial charge is 0.334 e. The molecule has 0 N–H and O–H groups in total. The number of halogens is 3. The monoisotopic (exact) mass is 587 g/mol. The summed E-state index contributed by atoms with van der Waals surface area (Å²) >= 11 is 5.55. The van der Waals surface area contributed by atoms with Gasteiger partial charge in [-0.15, -0.1) is 0 Å². The van der Waals surface area contributed by atoms with Crippen LogP contribution in [0.3, 0.4) is 0 Å². The summed E-state index contributed by atoms with van der Waals surface area (Å²) in [6.45, 7) is 9.80. The predicted molar refractivity (Wildman–Crippen MR) is 148 cm³/mol. The number of alkyl halides is 3. The Morgan fingerprint density at radius 2 is 1.64 bits per heavy atom. The number of carbonyl (C=O) groups is 1. The van der Waals surface area contributed by atoms with E-state index in [0.717, 1.165) is 49.3 Å². The number of nitrogens with zero attached hydrogens (tertiary/aromatic N) is 5. The van der Waals surface area contributed by atoms with Crippen LogP contribution in [0, 0.1) is 11.3 Å². The maximum atomic E-state index is 13.5. The van der Waals surface area contributed by atoms with Crippen LogP contribution in [-0.4, -0.2) is 83.6 Å². The number of hydrogen-bond acceptors (Lipinski definition) is 6. The van der Waals surface area contributed by atoms with E-state index < -0.39 is 38.8 Å². The second-order valence-corrected chi connectivity index (χ2v) is 13.3. The van der Waals surface area contributed by atoms with Crippen LogP contribution in [0.25, 0.3) is 0 Å². The average molecular weight is 588 g/mol. The molecule has 2 aliphatic rings. The molecule has 0 bridgehead atoms. The van der Waals surface area contributed by atoms with Crippen LogP contribution < -0.4 is 4.90 Å². The van der Waals surface area contributed by atoms with E-state index >= 15 is 0 Å². The van der Waals surface area contributed by atoms with E-state index in [-0.39, 0.29) is 22.9 Å². The van der Waals surface area contributed by atoms with Crippen molar-refractivity contribution in [2.75, 3.05) is 37.3 Å². The molecule has 2 heterocycles. The number of thiocarbonyl (C=S) groups is 1. The van der Waals surface area contributed by atoms with E-state index in [4.69, 9.17) is 17.5 Å². The number of anilines is 1. The molecule has 0 saturated carbocycles. The summed E-state index contributed by atoms with van der Waals surface area (Å²) in [5.41, 5.74) is -2.64. The van der Waals surface area contributed by atoms with Crippen molar-refractivity contribution in [3.8, 4) is 6.07 Å². The van der Waals surface area contributed by atoms with E-state index in [9.17, 15) is 26.4 Å². The first kappa shape index (κ1) is 31.3. The normalized spacial score (nSPS) is 22.9. The molecule has 1 aromatic carbocycles. The van der Waals surface area contributed by atoms with Crippen LogP contribution in [0.2, 0.25) is 0 Å². The van der Waals surface area contributed by atoms with Crippen molar-refractivity contribution in [1.82, 2.24) is 14.1 Å². The van der Waals surface area contributed by atoms with E-state index in [1.54, 1.807) is 24.8 Å². The third kappa shape index (κ3) is 6.73. The summed E-state index contributed by atoms with van der Waals surface area (Å²) in [6, 6.07) is 4.99. The Bertz CT molecular complexity index is 1230. The molecule has 1 aromatic rings. The van der Waals surface area contributed by atoms with Crippen LogP contribution in [-0.2, 0) is 21.0 Å². The van der Waals surface area contributed by atoms with Gasteiger partial charge in [0.25, 0.3) is 5.91 Å². The second-order valence-electron chi connectivity index (χ2n) is 10.9. The molecule has 2 atom stereocenters. The Kier molecular flexibility index (Phi) is 9.37. The maximum Gasteiger partial charge on any atom is 0.417 e. The van der Waals surface area contributed by atoms with Crippen LogP contribution in [0.1, 0.15) is 64.5 Å². The first-order valence-electron chi connectivity index (χ1n) is 13.0. The molecule has 216 valence electrons. The minimum Gasteiger partial charge on any atom is -0.334 e. The number of unbranched alkanes of at least 4 members (excludes halogenated alkanes) is 3. The molecule has 2 unspecified atom stereocenters. The van der Waals surface area contributed by atoms with Gasteiger partial charge >= 0.3 is 6.18 Å². The highest BCUT2D eigenvalue weighted by Crippen LogP contribution is 2.38. The lowest BCUT2D eigenvalue weighted by molar-refractivity contribution is -0.137. The highest BCUT2D eigenvalue weighted by Gasteiger charge is 2.49. The number of rotatable bonds is 9. The van der Waals surface area contributed by atoms with Crippen molar-refractivity contribution < 1.29 is 26.4 Å². The standard InChI is InChI=1S/C26H36F3N5O3S2/c1-18-16-31(39(5,36)37)17-19(2)32(18)12-8-6-7-9-13-33-24(38)34(23(35)25(33,3)4)21-11-10-20(15-30)22(14-21)26(27,28)29/h10-11,14,18-19H,6-9,12-13,16-17H2,1-5H3.